The van der Waals surface area contributed by atoms with Crippen LogP contribution in [0.5, 0.6) is 0 Å². The van der Waals surface area contributed by atoms with E-state index in [-0.39, 0.29) is 13.0 Å². The number of hydrogen-bond acceptors (Lipinski definition) is 2. The van der Waals surface area contributed by atoms with Crippen molar-refractivity contribution in [1.29, 1.82) is 0 Å². The molecule has 1 fully saturated rings. The molecule has 0 heterocycles. The molecule has 1 saturated carbocycles. The first-order valence-electron chi connectivity index (χ1n) is 5.35. The van der Waals surface area contributed by atoms with Crippen molar-refractivity contribution in [3.63, 3.8) is 0 Å². The molecule has 1 aliphatic rings. The van der Waals surface area contributed by atoms with Gasteiger partial charge in [-0.2, -0.15) is 0 Å². The molecule has 3 nitrogen and oxygen atoms in total. The normalized spacial score (nSPS) is 36.8. The lowest BCUT2D eigenvalue weighted by Crippen LogP contribution is -2.34. The SMILES string of the molecule is [2H]C1([2H])CCCCC1(CN)CC(=O)O. The van der Waals surface area contributed by atoms with Crippen LogP contribution in [0.25, 0.3) is 0 Å². The topological polar surface area (TPSA) is 63.3 Å². The highest BCUT2D eigenvalue weighted by atomic mass is 16.4. The van der Waals surface area contributed by atoms with Crippen molar-refractivity contribution in [2.24, 2.45) is 11.1 Å². The molecule has 1 unspecified atom stereocenters. The molecule has 0 aromatic rings. The molecule has 0 bridgehead atoms. The molecule has 0 radical (unpaired) electrons. The summed E-state index contributed by atoms with van der Waals surface area (Å²) in [7, 11) is 0. The zero-order chi connectivity index (χ0) is 10.8. The molecule has 1 rings (SSSR count). The summed E-state index contributed by atoms with van der Waals surface area (Å²) < 4.78 is 15.7. The van der Waals surface area contributed by atoms with E-state index in [0.29, 0.717) is 12.8 Å². The highest BCUT2D eigenvalue weighted by Gasteiger charge is 2.32. The summed E-state index contributed by atoms with van der Waals surface area (Å²) in [4.78, 5) is 10.7. The molecule has 70 valence electrons. The Morgan fingerprint density at radius 3 is 2.83 bits per heavy atom. The van der Waals surface area contributed by atoms with E-state index < -0.39 is 17.8 Å². The maximum absolute atomic E-state index is 10.7. The summed E-state index contributed by atoms with van der Waals surface area (Å²) in [6.45, 7) is 0.117. The number of carboxylic acids is 1. The van der Waals surface area contributed by atoms with Crippen molar-refractivity contribution in [2.75, 3.05) is 6.54 Å². The van der Waals surface area contributed by atoms with Crippen molar-refractivity contribution < 1.29 is 12.6 Å². The minimum atomic E-state index is -1.43. The van der Waals surface area contributed by atoms with Crippen LogP contribution < -0.4 is 5.73 Å². The van der Waals surface area contributed by atoms with E-state index in [2.05, 4.69) is 0 Å². The number of carbonyl (C=O) groups is 1. The first-order chi connectivity index (χ1) is 6.43. The van der Waals surface area contributed by atoms with Gasteiger partial charge in [0.2, 0.25) is 0 Å². The van der Waals surface area contributed by atoms with Crippen molar-refractivity contribution in [3.05, 3.63) is 0 Å². The Morgan fingerprint density at radius 1 is 1.58 bits per heavy atom. The summed E-state index contributed by atoms with van der Waals surface area (Å²) >= 11 is 0. The van der Waals surface area contributed by atoms with Crippen molar-refractivity contribution >= 4 is 5.97 Å². The van der Waals surface area contributed by atoms with Gasteiger partial charge in [0.05, 0.1) is 6.42 Å². The predicted octanol–water partition coefficient (Wildman–Crippen LogP) is 1.37. The smallest absolute Gasteiger partial charge is 0.303 e. The fourth-order valence-electron chi connectivity index (χ4n) is 1.72. The molecule has 0 saturated heterocycles. The third-order valence-electron chi connectivity index (χ3n) is 2.46. The molecule has 0 spiro atoms. The molecule has 0 aromatic carbocycles. The zero-order valence-electron chi connectivity index (χ0n) is 9.18. The van der Waals surface area contributed by atoms with Gasteiger partial charge in [-0.15, -0.1) is 0 Å². The minimum Gasteiger partial charge on any atom is -0.481 e. The van der Waals surface area contributed by atoms with Gasteiger partial charge in [-0.1, -0.05) is 19.3 Å². The molecular weight excluding hydrogens is 154 g/mol. The van der Waals surface area contributed by atoms with Crippen LogP contribution in [0.4, 0.5) is 0 Å². The molecule has 1 aliphatic carbocycles. The predicted molar refractivity (Wildman–Crippen MR) is 46.8 cm³/mol. The lowest BCUT2D eigenvalue weighted by Gasteiger charge is -2.34. The van der Waals surface area contributed by atoms with E-state index in [1.807, 2.05) is 0 Å². The molecule has 0 aliphatic heterocycles. The second-order valence-corrected chi connectivity index (χ2v) is 3.44. The van der Waals surface area contributed by atoms with Crippen LogP contribution in [0.3, 0.4) is 0 Å². The van der Waals surface area contributed by atoms with Gasteiger partial charge in [-0.25, -0.2) is 0 Å². The van der Waals surface area contributed by atoms with Gasteiger partial charge < -0.3 is 10.8 Å². The third-order valence-corrected chi connectivity index (χ3v) is 2.46. The summed E-state index contributed by atoms with van der Waals surface area (Å²) in [6, 6.07) is 0. The first kappa shape index (κ1) is 6.89. The maximum atomic E-state index is 10.7. The molecule has 0 amide bonds. The largest absolute Gasteiger partial charge is 0.481 e. The van der Waals surface area contributed by atoms with Gasteiger partial charge in [0.25, 0.3) is 0 Å². The van der Waals surface area contributed by atoms with Crippen LogP contribution in [0, 0.1) is 5.41 Å². The Hall–Kier alpha value is -0.570. The monoisotopic (exact) mass is 173 g/mol. The number of nitrogens with two attached hydrogens (primary N) is 1. The summed E-state index contributed by atoms with van der Waals surface area (Å²) in [5.41, 5.74) is 4.71. The molecule has 3 heteroatoms. The Balaban J connectivity index is 2.88. The fourth-order valence-corrected chi connectivity index (χ4v) is 1.72. The van der Waals surface area contributed by atoms with E-state index >= 15 is 0 Å². The van der Waals surface area contributed by atoms with Crippen LogP contribution in [-0.2, 0) is 4.79 Å². The van der Waals surface area contributed by atoms with Gasteiger partial charge in [0.1, 0.15) is 0 Å². The Morgan fingerprint density at radius 2 is 2.33 bits per heavy atom. The Labute approximate surface area is 75.8 Å². The summed E-state index contributed by atoms with van der Waals surface area (Å²) in [5, 5.41) is 8.77. The van der Waals surface area contributed by atoms with E-state index in [1.54, 1.807) is 0 Å². The summed E-state index contributed by atoms with van der Waals surface area (Å²) in [5.74, 6) is -0.957. The van der Waals surface area contributed by atoms with Crippen molar-refractivity contribution in [2.45, 2.75) is 38.5 Å². The molecule has 3 N–H and O–H groups in total. The Kier molecular flexibility index (Phi) is 2.24. The van der Waals surface area contributed by atoms with E-state index in [9.17, 15) is 4.79 Å². The van der Waals surface area contributed by atoms with Gasteiger partial charge in [-0.05, 0) is 24.8 Å². The fraction of sp³-hybridized carbons (Fsp3) is 0.889. The van der Waals surface area contributed by atoms with Crippen LogP contribution in [0.2, 0.25) is 0 Å². The first-order valence-corrected chi connectivity index (χ1v) is 4.35. The highest BCUT2D eigenvalue weighted by molar-refractivity contribution is 5.67. The summed E-state index contributed by atoms with van der Waals surface area (Å²) in [6.07, 6.45) is 1.13. The van der Waals surface area contributed by atoms with Gasteiger partial charge >= 0.3 is 5.97 Å². The molecule has 1 atom stereocenters. The van der Waals surface area contributed by atoms with Gasteiger partial charge in [-0.3, -0.25) is 4.79 Å². The second-order valence-electron chi connectivity index (χ2n) is 3.44. The van der Waals surface area contributed by atoms with Crippen LogP contribution >= 0.6 is 0 Å². The standard InChI is InChI=1S/C9H17NO2/c10-7-9(6-8(11)12)4-2-1-3-5-9/h1-7,10H2,(H,11,12)/i4D2. The highest BCUT2D eigenvalue weighted by Crippen LogP contribution is 2.38. The second kappa shape index (κ2) is 3.90. The van der Waals surface area contributed by atoms with E-state index in [1.165, 1.54) is 0 Å². The van der Waals surface area contributed by atoms with E-state index in [4.69, 9.17) is 13.6 Å². The number of aliphatic carboxylic acids is 1. The maximum Gasteiger partial charge on any atom is 0.303 e. The minimum absolute atomic E-state index is 0.117. The van der Waals surface area contributed by atoms with Gasteiger partial charge in [0.15, 0.2) is 0 Å². The lowest BCUT2D eigenvalue weighted by molar-refractivity contribution is -0.140. The molecule has 12 heavy (non-hydrogen) atoms. The van der Waals surface area contributed by atoms with Gasteiger partial charge in [0, 0.05) is 2.74 Å². The molecule has 0 aromatic heterocycles. The van der Waals surface area contributed by atoms with E-state index in [0.717, 1.165) is 12.8 Å². The quantitative estimate of drug-likeness (QED) is 0.677. The van der Waals surface area contributed by atoms with Crippen molar-refractivity contribution in [3.8, 4) is 0 Å². The average Bonchev–Trinajstić information content (AvgIpc) is 2.08. The van der Waals surface area contributed by atoms with Crippen molar-refractivity contribution in [1.82, 2.24) is 0 Å². The average molecular weight is 173 g/mol. The zero-order valence-corrected chi connectivity index (χ0v) is 7.18. The number of hydrogen-bond donors (Lipinski definition) is 2. The number of carboxylic acid groups (broad SMARTS) is 1. The van der Waals surface area contributed by atoms with Crippen LogP contribution in [-0.4, -0.2) is 17.6 Å². The molecular formula is C9H17NO2. The van der Waals surface area contributed by atoms with Crippen LogP contribution in [0.1, 0.15) is 41.2 Å². The van der Waals surface area contributed by atoms with Crippen LogP contribution in [0.15, 0.2) is 0 Å². The third kappa shape index (κ3) is 2.21. The lowest BCUT2D eigenvalue weighted by atomic mass is 9.72. The Bertz CT molecular complexity index is 233. The number of rotatable bonds is 3.